The minimum absolute atomic E-state index is 0.0294. The van der Waals surface area contributed by atoms with Gasteiger partial charge in [0.25, 0.3) is 0 Å². The molecule has 0 saturated carbocycles. The van der Waals surface area contributed by atoms with Gasteiger partial charge in [-0.3, -0.25) is 0 Å². The second-order valence-corrected chi connectivity index (χ2v) is 14.0. The van der Waals surface area contributed by atoms with Crippen molar-refractivity contribution in [2.45, 2.75) is 87.8 Å². The van der Waals surface area contributed by atoms with Gasteiger partial charge in [0.2, 0.25) is 0 Å². The molecule has 60 heavy (non-hydrogen) atoms. The number of methoxy groups -OCH3 is 2. The van der Waals surface area contributed by atoms with Crippen molar-refractivity contribution in [1.82, 2.24) is 0 Å². The fourth-order valence-corrected chi connectivity index (χ4v) is 6.95. The molecule has 0 bridgehead atoms. The van der Waals surface area contributed by atoms with E-state index in [0.717, 1.165) is 22.3 Å². The van der Waals surface area contributed by atoms with Crippen LogP contribution in [-0.4, -0.2) is 99.9 Å². The predicted octanol–water partition coefficient (Wildman–Crippen LogP) is 6.22. The van der Waals surface area contributed by atoms with Gasteiger partial charge in [0, 0.05) is 4.91 Å². The van der Waals surface area contributed by atoms with Crippen LogP contribution in [0.5, 0.6) is 5.75 Å². The number of rotatable bonds is 21. The maximum absolute atomic E-state index is 13.6. The number of benzene rings is 4. The zero-order valence-electron chi connectivity index (χ0n) is 33.5. The SMILES string of the molecule is C=CCO[C@H]1O[C@H](COCc2ccccc2)[C@@H](O[C@@H]2O[C@@H](C(=O)OC)[C@@H](OCc3ccc(OC)cc3)[C@H](OCc3ccccc3)[C@H]2O)[C@H](OCc2ccccc2)[C@H]1N=[N+]=[N-]. The summed E-state index contributed by atoms with van der Waals surface area (Å²) in [4.78, 5) is 16.7. The van der Waals surface area contributed by atoms with Gasteiger partial charge >= 0.3 is 5.97 Å². The number of carbonyl (C=O) groups is 1. The quantitative estimate of drug-likeness (QED) is 0.0330. The lowest BCUT2D eigenvalue weighted by molar-refractivity contribution is -0.353. The minimum atomic E-state index is -1.55. The molecule has 0 unspecified atom stereocenters. The van der Waals surface area contributed by atoms with E-state index in [-0.39, 0.29) is 39.6 Å². The number of hydrogen-bond donors (Lipinski definition) is 1. The molecule has 2 heterocycles. The Balaban J connectivity index is 1.34. The van der Waals surface area contributed by atoms with Gasteiger partial charge in [-0.1, -0.05) is 114 Å². The molecule has 2 aliphatic heterocycles. The van der Waals surface area contributed by atoms with Crippen LogP contribution in [0.1, 0.15) is 22.3 Å². The minimum Gasteiger partial charge on any atom is -0.497 e. The number of carbonyl (C=O) groups excluding carboxylic acids is 1. The monoisotopic (exact) mass is 825 g/mol. The molecule has 4 aromatic rings. The summed E-state index contributed by atoms with van der Waals surface area (Å²) in [5.74, 6) is -0.123. The maximum Gasteiger partial charge on any atom is 0.337 e. The van der Waals surface area contributed by atoms with Crippen molar-refractivity contribution < 1.29 is 57.3 Å². The van der Waals surface area contributed by atoms with E-state index in [1.54, 1.807) is 25.3 Å². The molecule has 0 aliphatic carbocycles. The normalized spacial score (nSPS) is 26.4. The second kappa shape index (κ2) is 23.0. The molecule has 10 atom stereocenters. The maximum atomic E-state index is 13.6. The van der Waals surface area contributed by atoms with Crippen LogP contribution in [0, 0.1) is 0 Å². The molecular formula is C45H51N3O12. The van der Waals surface area contributed by atoms with Crippen molar-refractivity contribution in [2.24, 2.45) is 5.11 Å². The standard InChI is InChI=1S/C45H51N3O12/c1-4-24-54-44-36(47-48-46)39(55-26-31-16-10-6-11-17-31)38(35(58-44)29-53-25-30-14-8-5-9-15-30)59-45-37(49)40(56-27-32-18-12-7-13-19-32)41(42(60-45)43(50)52-3)57-28-33-20-22-34(51-2)23-21-33/h4-23,35-42,44-45,49H,1,24-29H2,2-3H3/t35-,36-,37-,38-,39-,40-,41+,42-,44+,45-/m1/s1. The van der Waals surface area contributed by atoms with Crippen LogP contribution in [0.3, 0.4) is 0 Å². The van der Waals surface area contributed by atoms with Crippen molar-refractivity contribution >= 4 is 5.97 Å². The smallest absolute Gasteiger partial charge is 0.337 e. The summed E-state index contributed by atoms with van der Waals surface area (Å²) in [6.45, 7) is 4.17. The van der Waals surface area contributed by atoms with Gasteiger partial charge in [-0.05, 0) is 39.9 Å². The highest BCUT2D eigenvalue weighted by molar-refractivity contribution is 5.75. The van der Waals surface area contributed by atoms with Crippen molar-refractivity contribution in [2.75, 3.05) is 27.4 Å². The van der Waals surface area contributed by atoms with Crippen LogP contribution >= 0.6 is 0 Å². The Morgan fingerprint density at radius 2 is 1.27 bits per heavy atom. The highest BCUT2D eigenvalue weighted by atomic mass is 16.7. The van der Waals surface area contributed by atoms with Gasteiger partial charge < -0.3 is 52.5 Å². The number of azide groups is 1. The number of aliphatic hydroxyl groups excluding tert-OH is 1. The van der Waals surface area contributed by atoms with Gasteiger partial charge in [-0.2, -0.15) is 0 Å². The van der Waals surface area contributed by atoms with E-state index in [1.807, 2.05) is 103 Å². The predicted molar refractivity (Wildman–Crippen MR) is 217 cm³/mol. The molecular weight excluding hydrogens is 775 g/mol. The van der Waals surface area contributed by atoms with E-state index in [2.05, 4.69) is 16.6 Å². The van der Waals surface area contributed by atoms with Gasteiger partial charge in [0.15, 0.2) is 18.7 Å². The van der Waals surface area contributed by atoms with Crippen LogP contribution in [0.2, 0.25) is 0 Å². The van der Waals surface area contributed by atoms with Crippen LogP contribution in [0.4, 0.5) is 0 Å². The Kier molecular flexibility index (Phi) is 17.0. The molecule has 0 radical (unpaired) electrons. The van der Waals surface area contributed by atoms with Crippen molar-refractivity contribution in [3.63, 3.8) is 0 Å². The number of aliphatic hydroxyl groups is 1. The summed E-state index contributed by atoms with van der Waals surface area (Å²) in [7, 11) is 2.80. The molecule has 2 fully saturated rings. The number of hydrogen-bond acceptors (Lipinski definition) is 13. The zero-order chi connectivity index (χ0) is 42.1. The van der Waals surface area contributed by atoms with E-state index in [9.17, 15) is 15.4 Å². The first-order chi connectivity index (χ1) is 29.4. The van der Waals surface area contributed by atoms with Crippen LogP contribution in [0.15, 0.2) is 133 Å². The van der Waals surface area contributed by atoms with Crippen LogP contribution in [-0.2, 0) is 73.9 Å². The van der Waals surface area contributed by atoms with E-state index < -0.39 is 67.3 Å². The summed E-state index contributed by atoms with van der Waals surface area (Å²) in [6, 6.07) is 34.5. The van der Waals surface area contributed by atoms with E-state index in [1.165, 1.54) is 7.11 Å². The molecule has 0 amide bonds. The highest BCUT2D eigenvalue weighted by Gasteiger charge is 2.55. The van der Waals surface area contributed by atoms with E-state index >= 15 is 0 Å². The Bertz CT molecular complexity index is 1940. The van der Waals surface area contributed by atoms with Crippen molar-refractivity contribution in [3.05, 3.63) is 161 Å². The van der Waals surface area contributed by atoms with Gasteiger partial charge in [0.05, 0.1) is 53.9 Å². The first-order valence-corrected chi connectivity index (χ1v) is 19.6. The fraction of sp³-hybridized carbons (Fsp3) is 0.400. The zero-order valence-corrected chi connectivity index (χ0v) is 33.5. The Morgan fingerprint density at radius 3 is 1.82 bits per heavy atom. The molecule has 0 aromatic heterocycles. The van der Waals surface area contributed by atoms with E-state index in [4.69, 9.17) is 47.4 Å². The first kappa shape index (κ1) is 44.4. The average Bonchev–Trinajstić information content (AvgIpc) is 3.29. The first-order valence-electron chi connectivity index (χ1n) is 19.6. The van der Waals surface area contributed by atoms with Crippen LogP contribution in [0.25, 0.3) is 10.4 Å². The molecule has 15 heteroatoms. The Hall–Kier alpha value is -5.16. The summed E-state index contributed by atoms with van der Waals surface area (Å²) in [6.07, 6.45) is -9.61. The molecule has 4 aromatic carbocycles. The van der Waals surface area contributed by atoms with Crippen LogP contribution < -0.4 is 4.74 Å². The van der Waals surface area contributed by atoms with Crippen molar-refractivity contribution in [1.29, 1.82) is 0 Å². The third-order valence-electron chi connectivity index (χ3n) is 9.99. The molecule has 1 N–H and O–H groups in total. The molecule has 15 nitrogen and oxygen atoms in total. The fourth-order valence-electron chi connectivity index (χ4n) is 6.95. The summed E-state index contributed by atoms with van der Waals surface area (Å²) in [5.41, 5.74) is 13.1. The summed E-state index contributed by atoms with van der Waals surface area (Å²) < 4.78 is 61.5. The largest absolute Gasteiger partial charge is 0.497 e. The molecule has 2 aliphatic rings. The highest BCUT2D eigenvalue weighted by Crippen LogP contribution is 2.35. The molecule has 6 rings (SSSR count). The average molecular weight is 826 g/mol. The summed E-state index contributed by atoms with van der Waals surface area (Å²) >= 11 is 0. The number of esters is 1. The third kappa shape index (κ3) is 12.0. The van der Waals surface area contributed by atoms with Gasteiger partial charge in [-0.25, -0.2) is 4.79 Å². The molecule has 318 valence electrons. The summed E-state index contributed by atoms with van der Waals surface area (Å²) in [5, 5.41) is 16.3. The Morgan fingerprint density at radius 1 is 0.717 bits per heavy atom. The van der Waals surface area contributed by atoms with Crippen molar-refractivity contribution in [3.8, 4) is 5.75 Å². The third-order valence-corrected chi connectivity index (χ3v) is 9.99. The van der Waals surface area contributed by atoms with Gasteiger partial charge in [0.1, 0.15) is 48.4 Å². The molecule has 0 spiro atoms. The van der Waals surface area contributed by atoms with E-state index in [0.29, 0.717) is 5.75 Å². The number of ether oxygens (including phenoxy) is 10. The Labute approximate surface area is 349 Å². The second-order valence-electron chi connectivity index (χ2n) is 14.0. The lowest BCUT2D eigenvalue weighted by atomic mass is 9.95. The number of nitrogens with zero attached hydrogens (tertiary/aromatic N) is 3. The molecule has 2 saturated heterocycles. The lowest BCUT2D eigenvalue weighted by Gasteiger charge is -2.48. The lowest BCUT2D eigenvalue weighted by Crippen LogP contribution is -2.66. The topological polar surface area (TPSA) is 178 Å². The van der Waals surface area contributed by atoms with Gasteiger partial charge in [-0.15, -0.1) is 6.58 Å².